The van der Waals surface area contributed by atoms with Crippen molar-refractivity contribution in [2.75, 3.05) is 0 Å². The number of carboxylic acids is 6. The van der Waals surface area contributed by atoms with Crippen molar-refractivity contribution >= 4 is 56.2 Å². The van der Waals surface area contributed by atoms with Crippen LogP contribution in [-0.4, -0.2) is 93.2 Å². The van der Waals surface area contributed by atoms with Gasteiger partial charge < -0.3 is 73.8 Å². The summed E-state index contributed by atoms with van der Waals surface area (Å²) < 4.78 is 189. The van der Waals surface area contributed by atoms with Crippen molar-refractivity contribution in [2.24, 2.45) is 0 Å². The van der Waals surface area contributed by atoms with E-state index < -0.39 is 72.9 Å². The van der Waals surface area contributed by atoms with Crippen LogP contribution in [0.1, 0.15) is 0 Å². The molecule has 0 rings (SSSR count). The van der Waals surface area contributed by atoms with Crippen LogP contribution < -0.4 is 30.6 Å². The van der Waals surface area contributed by atoms with Gasteiger partial charge in [-0.3, -0.25) is 0 Å². The third kappa shape index (κ3) is 75.4. The number of alkyl halides is 18. The predicted octanol–water partition coefficient (Wildman–Crippen LogP) is -4.77. The minimum atomic E-state index is -5.19. The number of hydrogen-bond acceptors (Lipinski definition) is 15. The van der Waals surface area contributed by atoms with Crippen molar-refractivity contribution in [3.8, 4) is 0 Å². The maximum atomic E-state index is 10.5. The van der Waals surface area contributed by atoms with Gasteiger partial charge in [-0.2, -0.15) is 79.0 Å². The SMILES string of the molecule is C=O.C=O.C=O.O=C([O-])C(F)(F)F.O=C([O-])C(F)(F)F.O=C([O-])C(F)(F)F.O=C([O-])C(F)(F)F.O=C([O-])C(F)(F)F.O=C([O-])C(F)(F)F.[Mo]. The van der Waals surface area contributed by atoms with Gasteiger partial charge in [-0.25, -0.2) is 0 Å². The molecule has 0 spiro atoms. The fourth-order valence-electron chi connectivity index (χ4n) is 0. The second-order valence-electron chi connectivity index (χ2n) is 4.71. The Morgan fingerprint density at radius 3 is 0.286 bits per heavy atom. The van der Waals surface area contributed by atoms with E-state index >= 15 is 0 Å². The molecule has 0 N–H and O–H groups in total. The Morgan fingerprint density at radius 2 is 0.286 bits per heavy atom. The molecule has 0 amide bonds. The average molecular weight is 864 g/mol. The molecule has 0 unspecified atom stereocenters. The molecule has 0 atom stereocenters. The fourth-order valence-corrected chi connectivity index (χ4v) is 0. The van der Waals surface area contributed by atoms with Gasteiger partial charge in [0.25, 0.3) is 0 Å². The monoisotopic (exact) mass is 866 g/mol. The van der Waals surface area contributed by atoms with E-state index in [-0.39, 0.29) is 21.1 Å². The molecule has 0 heterocycles. The Bertz CT molecular complexity index is 745. The molecular weight excluding hydrogens is 858 g/mol. The molecule has 0 aromatic heterocycles. The van der Waals surface area contributed by atoms with Crippen molar-refractivity contribution in [1.29, 1.82) is 0 Å². The number of carbonyl (C=O) groups excluding carboxylic acids is 9. The largest absolute Gasteiger partial charge is 0.542 e. The zero-order valence-corrected chi connectivity index (χ0v) is 23.5. The zero-order valence-electron chi connectivity index (χ0n) is 21.5. The van der Waals surface area contributed by atoms with E-state index in [1.807, 2.05) is 20.4 Å². The first kappa shape index (κ1) is 70.6. The van der Waals surface area contributed by atoms with Crippen LogP contribution in [0.2, 0.25) is 0 Å². The maximum Gasteiger partial charge on any atom is 0.430 e. The number of halogens is 18. The third-order valence-electron chi connectivity index (χ3n) is 1.39. The molecule has 0 radical (unpaired) electrons. The molecule has 0 aliphatic carbocycles. The smallest absolute Gasteiger partial charge is 0.430 e. The van der Waals surface area contributed by atoms with Crippen molar-refractivity contribution in [1.82, 2.24) is 0 Å². The van der Waals surface area contributed by atoms with Crippen molar-refractivity contribution in [2.45, 2.75) is 37.1 Å². The number of rotatable bonds is 0. The number of carboxylic acid groups (broad SMARTS) is 6. The molecule has 0 saturated heterocycles. The average Bonchev–Trinajstić information content (AvgIpc) is 2.86. The van der Waals surface area contributed by atoms with Gasteiger partial charge in [-0.1, -0.05) is 0 Å². The summed E-state index contributed by atoms with van der Waals surface area (Å²) in [7, 11) is 0. The van der Waals surface area contributed by atoms with Gasteiger partial charge in [0.1, 0.15) is 56.2 Å². The van der Waals surface area contributed by atoms with Gasteiger partial charge in [-0.05, 0) is 0 Å². The number of aliphatic carboxylic acids is 6. The first-order chi connectivity index (χ1) is 20.7. The molecule has 0 saturated carbocycles. The van der Waals surface area contributed by atoms with E-state index in [1.165, 1.54) is 0 Å². The van der Waals surface area contributed by atoms with Crippen LogP contribution in [0.4, 0.5) is 79.0 Å². The molecule has 0 aliphatic rings. The van der Waals surface area contributed by atoms with Crippen LogP contribution in [0.15, 0.2) is 0 Å². The van der Waals surface area contributed by atoms with Crippen molar-refractivity contribution < 1.29 is 174 Å². The first-order valence-electron chi connectivity index (χ1n) is 8.22. The third-order valence-corrected chi connectivity index (χ3v) is 1.39. The van der Waals surface area contributed by atoms with Gasteiger partial charge in [0.15, 0.2) is 0 Å². The van der Waals surface area contributed by atoms with E-state index in [0.717, 1.165) is 0 Å². The molecule has 34 heteroatoms. The number of hydrogen-bond donors (Lipinski definition) is 0. The van der Waals surface area contributed by atoms with E-state index in [9.17, 15) is 79.0 Å². The summed E-state index contributed by atoms with van der Waals surface area (Å²) >= 11 is 0. The van der Waals surface area contributed by atoms with Crippen LogP contribution in [-0.2, 0) is 64.2 Å². The normalized spacial score (nSPS) is 9.92. The van der Waals surface area contributed by atoms with Crippen LogP contribution in [0.3, 0.4) is 0 Å². The topological polar surface area (TPSA) is 292 Å². The molecule has 0 aliphatic heterocycles. The molecule has 15 nitrogen and oxygen atoms in total. The minimum Gasteiger partial charge on any atom is -0.542 e. The minimum absolute atomic E-state index is 0. The molecule has 49 heavy (non-hydrogen) atoms. The molecule has 0 aromatic carbocycles. The molecule has 0 fully saturated rings. The van der Waals surface area contributed by atoms with Crippen molar-refractivity contribution in [3.63, 3.8) is 0 Å². The first-order valence-corrected chi connectivity index (χ1v) is 8.22. The van der Waals surface area contributed by atoms with Crippen LogP contribution in [0, 0.1) is 0 Å². The zero-order chi connectivity index (χ0) is 42.5. The standard InChI is InChI=1S/6C2HF3O2.3CH2O.Mo/c6*3-2(4,5)1(6)7;3*1-2;/h6*(H,6,7);3*1H2;/p-6. The Balaban J connectivity index is -0.0000000449. The van der Waals surface area contributed by atoms with Crippen LogP contribution in [0.25, 0.3) is 0 Å². The molecule has 294 valence electrons. The van der Waals surface area contributed by atoms with Crippen LogP contribution >= 0.6 is 0 Å². The quantitative estimate of drug-likeness (QED) is 0.163. The Kier molecular flexibility index (Phi) is 45.9. The Morgan fingerprint density at radius 1 is 0.265 bits per heavy atom. The summed E-state index contributed by atoms with van der Waals surface area (Å²) in [6.45, 7) is 6.00. The molecule has 0 bridgehead atoms. The maximum absolute atomic E-state index is 10.5. The summed E-state index contributed by atoms with van der Waals surface area (Å²) in [4.78, 5) is 76.7. The van der Waals surface area contributed by atoms with E-state index in [0.29, 0.717) is 0 Å². The summed E-state index contributed by atoms with van der Waals surface area (Å²) in [6, 6.07) is 0. The van der Waals surface area contributed by atoms with E-state index in [1.54, 1.807) is 0 Å². The summed E-state index contributed by atoms with van der Waals surface area (Å²) in [5.41, 5.74) is 0. The molecular formula is C15H6F18MoO15-6. The Hall–Kier alpha value is -4.74. The summed E-state index contributed by atoms with van der Waals surface area (Å²) in [6.07, 6.45) is -31.2. The van der Waals surface area contributed by atoms with Gasteiger partial charge in [0.05, 0.1) is 0 Å². The van der Waals surface area contributed by atoms with Gasteiger partial charge >= 0.3 is 37.1 Å². The van der Waals surface area contributed by atoms with E-state index in [2.05, 4.69) is 0 Å². The van der Waals surface area contributed by atoms with E-state index in [4.69, 9.17) is 73.8 Å². The van der Waals surface area contributed by atoms with Gasteiger partial charge in [0.2, 0.25) is 0 Å². The summed E-state index contributed by atoms with van der Waals surface area (Å²) in [5, 5.41) is 52.7. The Labute approximate surface area is 267 Å². The van der Waals surface area contributed by atoms with Gasteiger partial charge in [0, 0.05) is 21.1 Å². The second kappa shape index (κ2) is 31.8. The predicted molar refractivity (Wildman–Crippen MR) is 87.7 cm³/mol. The fraction of sp³-hybridized carbons (Fsp3) is 0.400. The van der Waals surface area contributed by atoms with Crippen molar-refractivity contribution in [3.05, 3.63) is 0 Å². The van der Waals surface area contributed by atoms with Crippen LogP contribution in [0.5, 0.6) is 0 Å². The molecule has 0 aromatic rings. The van der Waals surface area contributed by atoms with Gasteiger partial charge in [-0.15, -0.1) is 0 Å². The summed E-state index contributed by atoms with van der Waals surface area (Å²) in [5.74, 6) is -18.0. The number of carbonyl (C=O) groups is 9. The second-order valence-corrected chi connectivity index (χ2v) is 4.71.